The normalized spacial score (nSPS) is 13.2. The molecule has 0 spiro atoms. The van der Waals surface area contributed by atoms with Gasteiger partial charge in [-0.1, -0.05) is 11.8 Å². The van der Waals surface area contributed by atoms with E-state index >= 15 is 0 Å². The maximum absolute atomic E-state index is 10.1. The van der Waals surface area contributed by atoms with Crippen molar-refractivity contribution in [1.29, 1.82) is 0 Å². The lowest BCUT2D eigenvalue weighted by atomic mass is 10.1. The molecule has 9 heteroatoms. The van der Waals surface area contributed by atoms with Gasteiger partial charge in [-0.15, -0.1) is 0 Å². The summed E-state index contributed by atoms with van der Waals surface area (Å²) in [6.45, 7) is 2.88. The second-order valence-electron chi connectivity index (χ2n) is 4.59. The number of nitrogens with zero attached hydrogens (tertiary/aromatic N) is 2. The Morgan fingerprint density at radius 2 is 2.05 bits per heavy atom. The fourth-order valence-electron chi connectivity index (χ4n) is 1.64. The van der Waals surface area contributed by atoms with Crippen LogP contribution in [0.2, 0.25) is 0 Å². The average Bonchev–Trinajstić information content (AvgIpc) is 2.38. The molecule has 0 aromatic heterocycles. The van der Waals surface area contributed by atoms with Crippen molar-refractivity contribution in [3.63, 3.8) is 0 Å². The quantitative estimate of drug-likeness (QED) is 0.100. The molecule has 9 nitrogen and oxygen atoms in total. The van der Waals surface area contributed by atoms with Crippen molar-refractivity contribution in [2.24, 2.45) is 22.2 Å². The summed E-state index contributed by atoms with van der Waals surface area (Å²) in [6.07, 6.45) is 4.85. The first kappa shape index (κ1) is 18.6. The van der Waals surface area contributed by atoms with Crippen molar-refractivity contribution in [3.8, 4) is 0 Å². The van der Waals surface area contributed by atoms with E-state index in [2.05, 4.69) is 10.3 Å². The number of guanidine groups is 1. The first-order valence-corrected chi connectivity index (χ1v) is 6.93. The number of unbranched alkanes of at least 4 members (excludes halogenated alkanes) is 2. The third-order valence-corrected chi connectivity index (χ3v) is 2.69. The van der Waals surface area contributed by atoms with Crippen molar-refractivity contribution < 1.29 is 5.03 Å². The molecule has 0 aromatic rings. The van der Waals surface area contributed by atoms with Crippen LogP contribution in [0.1, 0.15) is 32.1 Å². The minimum atomic E-state index is -0.737. The van der Waals surface area contributed by atoms with Crippen LogP contribution in [-0.2, 0) is 0 Å². The van der Waals surface area contributed by atoms with Gasteiger partial charge in [-0.25, -0.2) is 15.1 Å². The van der Waals surface area contributed by atoms with Gasteiger partial charge < -0.3 is 22.5 Å². The van der Waals surface area contributed by atoms with Crippen molar-refractivity contribution >= 4 is 5.96 Å². The van der Waals surface area contributed by atoms with E-state index in [4.69, 9.17) is 17.2 Å². The minimum absolute atomic E-state index is 0.0596. The van der Waals surface area contributed by atoms with Crippen LogP contribution in [0.25, 0.3) is 0 Å². The molecule has 0 saturated heterocycles. The van der Waals surface area contributed by atoms with E-state index in [9.17, 15) is 10.1 Å². The zero-order valence-corrected chi connectivity index (χ0v) is 11.9. The van der Waals surface area contributed by atoms with Crippen LogP contribution in [0.3, 0.4) is 0 Å². The molecule has 118 valence electrons. The first-order valence-electron chi connectivity index (χ1n) is 6.93. The Kier molecular flexibility index (Phi) is 11.7. The van der Waals surface area contributed by atoms with Gasteiger partial charge in [0.15, 0.2) is 5.03 Å². The van der Waals surface area contributed by atoms with Gasteiger partial charge in [-0.2, -0.15) is 0 Å². The predicted molar refractivity (Wildman–Crippen MR) is 79.6 cm³/mol. The van der Waals surface area contributed by atoms with Crippen molar-refractivity contribution in [1.82, 2.24) is 10.7 Å². The van der Waals surface area contributed by atoms with Crippen molar-refractivity contribution in [2.45, 2.75) is 38.1 Å². The third kappa shape index (κ3) is 13.0. The van der Waals surface area contributed by atoms with Gasteiger partial charge in [0.1, 0.15) is 0 Å². The van der Waals surface area contributed by atoms with E-state index in [1.807, 2.05) is 0 Å². The molecule has 0 radical (unpaired) electrons. The highest BCUT2D eigenvalue weighted by atomic mass is 16.7. The van der Waals surface area contributed by atoms with E-state index < -0.39 is 5.03 Å². The van der Waals surface area contributed by atoms with Crippen LogP contribution in [0, 0.1) is 10.1 Å². The monoisotopic (exact) mass is 289 g/mol. The average molecular weight is 289 g/mol. The molecule has 1 atom stereocenters. The summed E-state index contributed by atoms with van der Waals surface area (Å²) in [6, 6.07) is 0.0596. The van der Waals surface area contributed by atoms with Gasteiger partial charge in [0.2, 0.25) is 0 Å². The first-order chi connectivity index (χ1) is 9.56. The molecule has 0 fully saturated rings. The van der Waals surface area contributed by atoms with E-state index in [0.717, 1.165) is 51.7 Å². The number of nitro groups is 1. The topological polar surface area (TPSA) is 158 Å². The molecule has 0 aliphatic carbocycles. The highest BCUT2D eigenvalue weighted by molar-refractivity contribution is 5.76. The Balaban J connectivity index is 3.44. The number of rotatable bonds is 12. The van der Waals surface area contributed by atoms with Crippen LogP contribution >= 0.6 is 0 Å². The fraction of sp³-hybridized carbons (Fsp3) is 0.909. The summed E-state index contributed by atoms with van der Waals surface area (Å²) in [5.41, 5.74) is 18.4. The summed E-state index contributed by atoms with van der Waals surface area (Å²) < 4.78 is 0. The molecule has 0 heterocycles. The third-order valence-electron chi connectivity index (χ3n) is 2.69. The molecule has 8 N–H and O–H groups in total. The molecular weight excluding hydrogens is 262 g/mol. The van der Waals surface area contributed by atoms with Crippen molar-refractivity contribution in [2.75, 3.05) is 26.2 Å². The van der Waals surface area contributed by atoms with Gasteiger partial charge in [0.05, 0.1) is 0 Å². The fourth-order valence-corrected chi connectivity index (χ4v) is 1.64. The maximum atomic E-state index is 10.1. The van der Waals surface area contributed by atoms with Crippen LogP contribution in [0.5, 0.6) is 0 Å². The van der Waals surface area contributed by atoms with E-state index in [-0.39, 0.29) is 12.0 Å². The highest BCUT2D eigenvalue weighted by Gasteiger charge is 2.02. The second-order valence-corrected chi connectivity index (χ2v) is 4.59. The van der Waals surface area contributed by atoms with Gasteiger partial charge >= 0.3 is 0 Å². The molecular formula is C11H27N7O2. The molecule has 0 aliphatic rings. The van der Waals surface area contributed by atoms with Crippen LogP contribution in [0.4, 0.5) is 0 Å². The Bertz CT molecular complexity index is 286. The summed E-state index contributed by atoms with van der Waals surface area (Å²) in [5.74, 6) is -0.179. The predicted octanol–water partition coefficient (Wildman–Crippen LogP) is -1.09. The number of aliphatic imine (C=N–C) groups is 1. The largest absolute Gasteiger partial charge is 0.365 e. The molecule has 0 bridgehead atoms. The molecule has 0 saturated carbocycles. The van der Waals surface area contributed by atoms with Gasteiger partial charge in [0, 0.05) is 19.1 Å². The molecule has 0 rings (SSSR count). The van der Waals surface area contributed by atoms with E-state index in [1.165, 1.54) is 0 Å². The van der Waals surface area contributed by atoms with Gasteiger partial charge in [-0.05, 0) is 38.8 Å². The summed E-state index contributed by atoms with van der Waals surface area (Å²) >= 11 is 0. The minimum Gasteiger partial charge on any atom is -0.365 e. The number of hydrogen-bond donors (Lipinski definition) is 5. The Hall–Kier alpha value is -1.45. The van der Waals surface area contributed by atoms with Crippen LogP contribution < -0.4 is 27.9 Å². The molecule has 20 heavy (non-hydrogen) atoms. The van der Waals surface area contributed by atoms with Gasteiger partial charge in [-0.3, -0.25) is 0 Å². The Labute approximate surface area is 119 Å². The lowest BCUT2D eigenvalue weighted by molar-refractivity contribution is -0.525. The Morgan fingerprint density at radius 1 is 1.30 bits per heavy atom. The highest BCUT2D eigenvalue weighted by Crippen LogP contribution is 1.95. The van der Waals surface area contributed by atoms with E-state index in [0.29, 0.717) is 6.54 Å². The Morgan fingerprint density at radius 3 is 2.70 bits per heavy atom. The second kappa shape index (κ2) is 12.6. The summed E-state index contributed by atoms with van der Waals surface area (Å²) in [5, 5.41) is 12.6. The lowest BCUT2D eigenvalue weighted by Gasteiger charge is -2.11. The van der Waals surface area contributed by atoms with E-state index in [1.54, 1.807) is 5.43 Å². The lowest BCUT2D eigenvalue weighted by Crippen LogP contribution is -2.36. The van der Waals surface area contributed by atoms with Crippen LogP contribution in [0.15, 0.2) is 4.99 Å². The summed E-state index contributed by atoms with van der Waals surface area (Å²) in [7, 11) is 0. The number of hydrazine groups is 1. The molecule has 0 aromatic carbocycles. The number of hydrogen-bond acceptors (Lipinski definition) is 6. The molecule has 0 aliphatic heterocycles. The molecule has 0 amide bonds. The number of nitrogens with one attached hydrogen (secondary N) is 2. The standard InChI is InChI=1S/C11H27N7O2/c12-6-2-1-3-7-15-9-10(13)5-4-8-16-11(14)17-18(19)20/h10,15H,1-9,12-13H2,(H3,14,16,17)/t10-/m0/s1. The van der Waals surface area contributed by atoms with Gasteiger partial charge in [0.25, 0.3) is 5.96 Å². The summed E-state index contributed by atoms with van der Waals surface area (Å²) in [4.78, 5) is 13.9. The zero-order chi connectivity index (χ0) is 15.2. The zero-order valence-electron chi connectivity index (χ0n) is 11.9. The maximum Gasteiger partial charge on any atom is 0.251 e. The number of nitrogens with two attached hydrogens (primary N) is 3. The van der Waals surface area contributed by atoms with Crippen LogP contribution in [-0.4, -0.2) is 43.2 Å². The smallest absolute Gasteiger partial charge is 0.251 e. The molecule has 0 unspecified atom stereocenters. The van der Waals surface area contributed by atoms with Crippen molar-refractivity contribution in [3.05, 3.63) is 10.1 Å². The SMILES string of the molecule is NCCCCCNC[C@@H](N)CCCN=C(N)N[N+](=O)[O-].